The normalized spacial score (nSPS) is 11.6. The van der Waals surface area contributed by atoms with Crippen molar-refractivity contribution in [2.45, 2.75) is 20.3 Å². The fraction of sp³-hybridized carbons (Fsp3) is 0.214. The third-order valence-electron chi connectivity index (χ3n) is 5.58. The minimum absolute atomic E-state index is 0.238. The first-order chi connectivity index (χ1) is 18.4. The van der Waals surface area contributed by atoms with E-state index in [1.54, 1.807) is 26.2 Å². The number of fused-ring (bicyclic) bond motifs is 1. The van der Waals surface area contributed by atoms with Crippen LogP contribution in [0.2, 0.25) is 0 Å². The molecule has 0 atom stereocenters. The van der Waals surface area contributed by atoms with Crippen LogP contribution in [0.15, 0.2) is 64.9 Å². The van der Waals surface area contributed by atoms with Crippen molar-refractivity contribution in [3.8, 4) is 10.6 Å². The van der Waals surface area contributed by atoms with Gasteiger partial charge in [0.05, 0.1) is 26.6 Å². The summed E-state index contributed by atoms with van der Waals surface area (Å²) in [4.78, 5) is 35.2. The molecule has 0 radical (unpaired) electrons. The Morgan fingerprint density at radius 3 is 2.50 bits per heavy atom. The Labute approximate surface area is 225 Å². The van der Waals surface area contributed by atoms with Crippen molar-refractivity contribution in [2.24, 2.45) is 12.8 Å². The summed E-state index contributed by atoms with van der Waals surface area (Å²) in [6.07, 6.45) is 8.72. The lowest BCUT2D eigenvalue weighted by Gasteiger charge is -2.12. The Kier molecular flexibility index (Phi) is 9.92. The van der Waals surface area contributed by atoms with Gasteiger partial charge in [-0.25, -0.2) is 9.97 Å². The van der Waals surface area contributed by atoms with E-state index < -0.39 is 0 Å². The molecule has 3 N–H and O–H groups in total. The van der Waals surface area contributed by atoms with Gasteiger partial charge in [-0.1, -0.05) is 42.0 Å². The van der Waals surface area contributed by atoms with Crippen LogP contribution in [-0.4, -0.2) is 45.8 Å². The number of anilines is 1. The Hall–Kier alpha value is -4.28. The number of hydrogen-bond donors (Lipinski definition) is 2. The molecule has 0 aliphatic heterocycles. The van der Waals surface area contributed by atoms with Gasteiger partial charge in [0.2, 0.25) is 12.4 Å². The molecule has 5 rings (SSSR count). The zero-order valence-electron chi connectivity index (χ0n) is 22.1. The predicted molar refractivity (Wildman–Crippen MR) is 152 cm³/mol. The van der Waals surface area contributed by atoms with Gasteiger partial charge >= 0.3 is 0 Å². The molecule has 0 unspecified atom stereocenters. The second-order valence-corrected chi connectivity index (χ2v) is 9.31. The highest BCUT2D eigenvalue weighted by atomic mass is 32.1. The van der Waals surface area contributed by atoms with E-state index >= 15 is 0 Å². The summed E-state index contributed by atoms with van der Waals surface area (Å²) in [5.74, 6) is 1.44. The van der Waals surface area contributed by atoms with Gasteiger partial charge in [0.15, 0.2) is 11.7 Å². The van der Waals surface area contributed by atoms with Gasteiger partial charge in [-0.05, 0) is 38.3 Å². The van der Waals surface area contributed by atoms with Crippen molar-refractivity contribution in [3.05, 3.63) is 87.5 Å². The molecule has 3 aromatic heterocycles. The maximum absolute atomic E-state index is 12.7. The van der Waals surface area contributed by atoms with Gasteiger partial charge in [-0.3, -0.25) is 14.9 Å². The van der Waals surface area contributed by atoms with E-state index in [2.05, 4.69) is 40.1 Å². The van der Waals surface area contributed by atoms with Crippen LogP contribution in [0.4, 0.5) is 5.95 Å². The van der Waals surface area contributed by atoms with Gasteiger partial charge in [-0.15, -0.1) is 11.3 Å². The molecule has 0 fully saturated rings. The van der Waals surface area contributed by atoms with E-state index in [1.165, 1.54) is 28.8 Å². The van der Waals surface area contributed by atoms with Crippen LogP contribution in [-0.2, 0) is 11.8 Å². The number of rotatable bonds is 5. The second-order valence-electron chi connectivity index (χ2n) is 8.23. The number of hydrogen-bond acceptors (Lipinski definition) is 7. The molecule has 10 heteroatoms. The first kappa shape index (κ1) is 28.3. The quantitative estimate of drug-likeness (QED) is 0.381. The molecule has 198 valence electrons. The maximum atomic E-state index is 12.7. The van der Waals surface area contributed by atoms with Gasteiger partial charge in [-0.2, -0.15) is 0 Å². The number of aromatic nitrogens is 3. The Bertz CT molecular complexity index is 1530. The molecule has 2 amide bonds. The highest BCUT2D eigenvalue weighted by Crippen LogP contribution is 2.28. The number of nitrogens with two attached hydrogens (primary N) is 1. The largest absolute Gasteiger partial charge is 0.440 e. The number of nitrogens with one attached hydrogen (secondary N) is 1. The third kappa shape index (κ3) is 6.93. The second kappa shape index (κ2) is 13.3. The molecule has 1 aromatic carbocycles. The minimum atomic E-state index is -0.238. The molecule has 38 heavy (non-hydrogen) atoms. The van der Waals surface area contributed by atoms with Gasteiger partial charge in [0.25, 0.3) is 5.91 Å². The number of aryl methyl sites for hydroxylation is 2. The van der Waals surface area contributed by atoms with E-state index in [9.17, 15) is 9.59 Å². The number of oxazole rings is 1. The minimum Gasteiger partial charge on any atom is -0.440 e. The molecule has 1 aliphatic carbocycles. The van der Waals surface area contributed by atoms with Crippen LogP contribution in [0, 0.1) is 13.8 Å². The Morgan fingerprint density at radius 1 is 1.16 bits per heavy atom. The zero-order valence-corrected chi connectivity index (χ0v) is 23.0. The highest BCUT2D eigenvalue weighted by Gasteiger charge is 2.16. The maximum Gasteiger partial charge on any atom is 0.268 e. The van der Waals surface area contributed by atoms with E-state index in [-0.39, 0.29) is 5.91 Å². The first-order valence-electron chi connectivity index (χ1n) is 11.9. The summed E-state index contributed by atoms with van der Waals surface area (Å²) < 4.78 is 7.33. The fourth-order valence-corrected chi connectivity index (χ4v) is 4.38. The lowest BCUT2D eigenvalue weighted by Crippen LogP contribution is -2.28. The Morgan fingerprint density at radius 2 is 1.89 bits per heavy atom. The number of benzene rings is 1. The van der Waals surface area contributed by atoms with Crippen LogP contribution >= 0.6 is 11.3 Å². The van der Waals surface area contributed by atoms with E-state index in [1.807, 2.05) is 54.1 Å². The lowest BCUT2D eigenvalue weighted by molar-refractivity contribution is -0.115. The molecule has 0 saturated heterocycles. The Balaban J connectivity index is 0.000000381. The smallest absolute Gasteiger partial charge is 0.268 e. The number of imidazole rings is 1. The monoisotopic (exact) mass is 532 g/mol. The van der Waals surface area contributed by atoms with Crippen LogP contribution in [0.25, 0.3) is 22.8 Å². The van der Waals surface area contributed by atoms with E-state index in [4.69, 9.17) is 4.42 Å². The standard InChI is InChI=1S/C20H19N5O3S.C7H8.CH5N/c1-12-21-10-16(28-12)17-8-9-18(29-17)19(27)23-20-22-14-6-4-13(24(2)11-26)5-7-15(14)25(20)3;1-7-5-3-2-4-6-7;1-2/h5-11H,4H2,1-3H3,(H,22,23,27);2-6H,1H3;2H2,1H3. The van der Waals surface area contributed by atoms with Crippen molar-refractivity contribution >= 4 is 41.8 Å². The van der Waals surface area contributed by atoms with Crippen LogP contribution < -0.4 is 21.7 Å². The zero-order chi connectivity index (χ0) is 27.7. The van der Waals surface area contributed by atoms with E-state index in [0.717, 1.165) is 27.7 Å². The molecular formula is C28H32N6O3S. The van der Waals surface area contributed by atoms with Crippen molar-refractivity contribution in [1.82, 2.24) is 19.4 Å². The molecule has 9 nitrogen and oxygen atoms in total. The topological polar surface area (TPSA) is 119 Å². The molecule has 0 saturated carbocycles. The number of allylic oxidation sites excluding steroid dienone is 2. The van der Waals surface area contributed by atoms with E-state index in [0.29, 0.717) is 28.9 Å². The number of nitrogens with zero attached hydrogens (tertiary/aromatic N) is 4. The molecule has 3 heterocycles. The molecule has 1 aliphatic rings. The SMILES string of the molecule is CN.Cc1ccccc1.Cc1ncc(-c2ccc(C(=O)Nc3nc4c(n3C)=CC=C(N(C)C=O)CC=4)s2)o1. The summed E-state index contributed by atoms with van der Waals surface area (Å²) in [7, 11) is 5.05. The predicted octanol–water partition coefficient (Wildman–Crippen LogP) is 3.20. The summed E-state index contributed by atoms with van der Waals surface area (Å²) in [5.41, 5.74) is 6.69. The van der Waals surface area contributed by atoms with Gasteiger partial charge < -0.3 is 19.6 Å². The van der Waals surface area contributed by atoms with Crippen LogP contribution in [0.3, 0.4) is 0 Å². The summed E-state index contributed by atoms with van der Waals surface area (Å²) in [5, 5.41) is 4.49. The summed E-state index contributed by atoms with van der Waals surface area (Å²) in [6, 6.07) is 13.9. The fourth-order valence-electron chi connectivity index (χ4n) is 3.53. The van der Waals surface area contributed by atoms with Crippen molar-refractivity contribution < 1.29 is 14.0 Å². The summed E-state index contributed by atoms with van der Waals surface area (Å²) in [6.45, 7) is 3.86. The highest BCUT2D eigenvalue weighted by molar-refractivity contribution is 7.17. The third-order valence-corrected chi connectivity index (χ3v) is 6.68. The van der Waals surface area contributed by atoms with Crippen molar-refractivity contribution in [2.75, 3.05) is 19.4 Å². The van der Waals surface area contributed by atoms with Crippen LogP contribution in [0.1, 0.15) is 27.5 Å². The van der Waals surface area contributed by atoms with Crippen molar-refractivity contribution in [3.63, 3.8) is 0 Å². The van der Waals surface area contributed by atoms with Gasteiger partial charge in [0, 0.05) is 33.1 Å². The van der Waals surface area contributed by atoms with Gasteiger partial charge in [0.1, 0.15) is 0 Å². The molecule has 4 aromatic rings. The molecular weight excluding hydrogens is 500 g/mol. The summed E-state index contributed by atoms with van der Waals surface area (Å²) >= 11 is 1.33. The number of thiophene rings is 1. The lowest BCUT2D eigenvalue weighted by atomic mass is 10.2. The first-order valence-corrected chi connectivity index (χ1v) is 12.7. The average molecular weight is 533 g/mol. The number of carbonyl (C=O) groups excluding carboxylic acids is 2. The molecule has 0 bridgehead atoms. The number of amides is 2. The molecule has 0 spiro atoms. The van der Waals surface area contributed by atoms with Crippen molar-refractivity contribution in [1.29, 1.82) is 0 Å². The van der Waals surface area contributed by atoms with Crippen LogP contribution in [0.5, 0.6) is 0 Å². The number of carbonyl (C=O) groups is 2. The average Bonchev–Trinajstić information content (AvgIpc) is 3.62.